The zero-order valence-corrected chi connectivity index (χ0v) is 14.5. The fraction of sp³-hybridized carbons (Fsp3) is 0.471. The van der Waals surface area contributed by atoms with E-state index in [1.54, 1.807) is 11.0 Å². The van der Waals surface area contributed by atoms with Crippen LogP contribution in [0.1, 0.15) is 12.8 Å². The molecule has 2 fully saturated rings. The lowest BCUT2D eigenvalue weighted by atomic mass is 10.1. The first-order valence-electron chi connectivity index (χ1n) is 8.73. The topological polar surface area (TPSA) is 80.4 Å². The van der Waals surface area contributed by atoms with Gasteiger partial charge in [-0.05, 0) is 18.9 Å². The molecule has 0 aliphatic carbocycles. The van der Waals surface area contributed by atoms with Gasteiger partial charge in [-0.15, -0.1) is 0 Å². The van der Waals surface area contributed by atoms with Gasteiger partial charge in [0, 0.05) is 37.5 Å². The normalized spacial score (nSPS) is 19.5. The summed E-state index contributed by atoms with van der Waals surface area (Å²) in [5.41, 5.74) is 6.58. The predicted molar refractivity (Wildman–Crippen MR) is 94.9 cm³/mol. The van der Waals surface area contributed by atoms with Crippen molar-refractivity contribution in [2.45, 2.75) is 25.6 Å². The number of nitrogen functional groups attached to an aromatic ring is 1. The minimum atomic E-state index is -3.01. The maximum Gasteiger partial charge on any atom is 0.387 e. The number of aromatic nitrogens is 3. The molecule has 4 rings (SSSR count). The molecule has 4 heterocycles. The van der Waals surface area contributed by atoms with Crippen molar-refractivity contribution in [3.8, 4) is 17.0 Å². The van der Waals surface area contributed by atoms with Crippen LogP contribution in [-0.4, -0.2) is 53.9 Å². The summed E-state index contributed by atoms with van der Waals surface area (Å²) >= 11 is 0. The van der Waals surface area contributed by atoms with E-state index in [9.17, 15) is 13.2 Å². The largest absolute Gasteiger partial charge is 0.431 e. The number of hydrogen-bond acceptors (Lipinski definition) is 7. The van der Waals surface area contributed by atoms with Crippen molar-refractivity contribution < 1.29 is 17.9 Å². The predicted octanol–water partition coefficient (Wildman–Crippen LogP) is 2.48. The van der Waals surface area contributed by atoms with E-state index in [-0.39, 0.29) is 18.1 Å². The molecule has 0 spiro atoms. The van der Waals surface area contributed by atoms with E-state index in [2.05, 4.69) is 24.6 Å². The summed E-state index contributed by atoms with van der Waals surface area (Å²) in [6, 6.07) is 3.15. The molecule has 2 aliphatic heterocycles. The Morgan fingerprint density at radius 3 is 2.59 bits per heavy atom. The number of anilines is 3. The second-order valence-corrected chi connectivity index (χ2v) is 6.57. The highest BCUT2D eigenvalue weighted by atomic mass is 19.3. The third-order valence-corrected chi connectivity index (χ3v) is 4.69. The minimum Gasteiger partial charge on any atom is -0.431 e. The van der Waals surface area contributed by atoms with Crippen LogP contribution in [0.5, 0.6) is 5.75 Å². The smallest absolute Gasteiger partial charge is 0.387 e. The molecule has 0 radical (unpaired) electrons. The monoisotopic (exact) mass is 380 g/mol. The van der Waals surface area contributed by atoms with Gasteiger partial charge in [0.25, 0.3) is 0 Å². The van der Waals surface area contributed by atoms with Gasteiger partial charge in [0.1, 0.15) is 12.0 Å². The first kappa shape index (κ1) is 17.6. The number of nitrogens with zero attached hydrogens (tertiary/aromatic N) is 5. The molecular formula is C17H19F3N6O. The van der Waals surface area contributed by atoms with Crippen molar-refractivity contribution in [1.29, 1.82) is 0 Å². The van der Waals surface area contributed by atoms with Crippen molar-refractivity contribution in [2.75, 3.05) is 41.7 Å². The van der Waals surface area contributed by atoms with Crippen molar-refractivity contribution in [3.63, 3.8) is 0 Å². The Morgan fingerprint density at radius 1 is 1.15 bits per heavy atom. The van der Waals surface area contributed by atoms with Gasteiger partial charge >= 0.3 is 6.61 Å². The lowest BCUT2D eigenvalue weighted by molar-refractivity contribution is -0.0494. The van der Waals surface area contributed by atoms with E-state index < -0.39 is 12.8 Å². The maximum atomic E-state index is 13.6. The van der Waals surface area contributed by atoms with Crippen LogP contribution in [0.2, 0.25) is 0 Å². The minimum absolute atomic E-state index is 0.129. The summed E-state index contributed by atoms with van der Waals surface area (Å²) in [7, 11) is 0. The van der Waals surface area contributed by atoms with E-state index in [0.29, 0.717) is 30.2 Å². The number of pyridine rings is 1. The van der Waals surface area contributed by atoms with Gasteiger partial charge in [0.05, 0.1) is 12.2 Å². The molecule has 0 aromatic carbocycles. The van der Waals surface area contributed by atoms with Gasteiger partial charge in [0.2, 0.25) is 5.95 Å². The summed E-state index contributed by atoms with van der Waals surface area (Å²) < 4.78 is 43.2. The van der Waals surface area contributed by atoms with Crippen LogP contribution >= 0.6 is 0 Å². The number of hydrogen-bond donors (Lipinski definition) is 1. The summed E-state index contributed by atoms with van der Waals surface area (Å²) in [6.45, 7) is -0.483. The third kappa shape index (κ3) is 3.69. The number of ether oxygens (including phenoxy) is 1. The average molecular weight is 380 g/mol. The van der Waals surface area contributed by atoms with Crippen molar-refractivity contribution in [3.05, 3.63) is 18.3 Å². The first-order chi connectivity index (χ1) is 13.0. The van der Waals surface area contributed by atoms with Crippen LogP contribution in [0.4, 0.5) is 30.8 Å². The molecule has 2 aromatic rings. The average Bonchev–Trinajstić information content (AvgIpc) is 3.01. The Kier molecular flexibility index (Phi) is 4.63. The molecular weight excluding hydrogens is 361 g/mol. The summed E-state index contributed by atoms with van der Waals surface area (Å²) in [5, 5.41) is 0. The lowest BCUT2D eigenvalue weighted by Gasteiger charge is -2.32. The van der Waals surface area contributed by atoms with Crippen LogP contribution in [0.3, 0.4) is 0 Å². The molecule has 10 heteroatoms. The van der Waals surface area contributed by atoms with Crippen molar-refractivity contribution >= 4 is 17.6 Å². The van der Waals surface area contributed by atoms with Gasteiger partial charge in [-0.1, -0.05) is 0 Å². The molecule has 2 N–H and O–H groups in total. The highest BCUT2D eigenvalue weighted by molar-refractivity contribution is 5.68. The van der Waals surface area contributed by atoms with Crippen molar-refractivity contribution in [1.82, 2.24) is 15.0 Å². The fourth-order valence-electron chi connectivity index (χ4n) is 3.10. The van der Waals surface area contributed by atoms with Crippen LogP contribution in [0.15, 0.2) is 18.3 Å². The molecule has 0 unspecified atom stereocenters. The summed E-state index contributed by atoms with van der Waals surface area (Å²) in [6.07, 6.45) is 2.04. The number of rotatable bonds is 5. The SMILES string of the molecule is Nc1ncc(-c2cc(N3CCC3)nc(N3CC[C@H](F)C3)n2)cc1OC(F)F. The van der Waals surface area contributed by atoms with E-state index in [1.165, 1.54) is 12.3 Å². The molecule has 0 bridgehead atoms. The molecule has 1 atom stereocenters. The van der Waals surface area contributed by atoms with Crippen LogP contribution in [0.25, 0.3) is 11.3 Å². The Labute approximate surface area is 154 Å². The summed E-state index contributed by atoms with van der Waals surface area (Å²) in [5.74, 6) is 0.800. The highest BCUT2D eigenvalue weighted by Crippen LogP contribution is 2.32. The zero-order valence-electron chi connectivity index (χ0n) is 14.5. The molecule has 0 amide bonds. The van der Waals surface area contributed by atoms with Crippen LogP contribution < -0.4 is 20.3 Å². The summed E-state index contributed by atoms with van der Waals surface area (Å²) in [4.78, 5) is 16.9. The molecule has 0 saturated carbocycles. The molecule has 2 saturated heterocycles. The number of alkyl halides is 3. The van der Waals surface area contributed by atoms with E-state index >= 15 is 0 Å². The van der Waals surface area contributed by atoms with Gasteiger partial charge in [0.15, 0.2) is 11.6 Å². The second-order valence-electron chi connectivity index (χ2n) is 6.57. The lowest BCUT2D eigenvalue weighted by Crippen LogP contribution is -2.38. The van der Waals surface area contributed by atoms with Gasteiger partial charge in [-0.3, -0.25) is 0 Å². The molecule has 7 nitrogen and oxygen atoms in total. The number of halogens is 3. The van der Waals surface area contributed by atoms with Gasteiger partial charge in [-0.25, -0.2) is 14.4 Å². The standard InChI is InChI=1S/C17H19F3N6O/c18-11-2-5-26(9-11)17-23-12(7-14(24-17)25-3-1-4-25)10-6-13(27-16(19)20)15(21)22-8-10/h6-8,11,16H,1-5,9H2,(H2,21,22)/t11-/m0/s1. The zero-order chi connectivity index (χ0) is 19.0. The van der Waals surface area contributed by atoms with E-state index in [0.717, 1.165) is 25.3 Å². The highest BCUT2D eigenvalue weighted by Gasteiger charge is 2.26. The molecule has 2 aromatic heterocycles. The maximum absolute atomic E-state index is 13.6. The Hall–Kier alpha value is -2.78. The number of nitrogens with two attached hydrogens (primary N) is 1. The third-order valence-electron chi connectivity index (χ3n) is 4.69. The van der Waals surface area contributed by atoms with Gasteiger partial charge in [-0.2, -0.15) is 13.8 Å². The van der Waals surface area contributed by atoms with Crippen LogP contribution in [-0.2, 0) is 0 Å². The Bertz CT molecular complexity index is 832. The van der Waals surface area contributed by atoms with E-state index in [1.807, 2.05) is 0 Å². The molecule has 144 valence electrons. The first-order valence-corrected chi connectivity index (χ1v) is 8.73. The second kappa shape index (κ2) is 7.09. The van der Waals surface area contributed by atoms with Crippen molar-refractivity contribution in [2.24, 2.45) is 0 Å². The molecule has 27 heavy (non-hydrogen) atoms. The fourth-order valence-corrected chi connectivity index (χ4v) is 3.10. The quantitative estimate of drug-likeness (QED) is 0.854. The Balaban J connectivity index is 1.73. The van der Waals surface area contributed by atoms with Gasteiger partial charge < -0.3 is 20.3 Å². The Morgan fingerprint density at radius 2 is 1.96 bits per heavy atom. The van der Waals surface area contributed by atoms with Crippen LogP contribution in [0, 0.1) is 0 Å². The van der Waals surface area contributed by atoms with E-state index in [4.69, 9.17) is 5.73 Å². The molecule has 2 aliphatic rings.